The molecule has 5 nitrogen and oxygen atoms in total. The first-order valence-corrected chi connectivity index (χ1v) is 6.13. The smallest absolute Gasteiger partial charge is 0.314 e. The summed E-state index contributed by atoms with van der Waals surface area (Å²) >= 11 is 0. The summed E-state index contributed by atoms with van der Waals surface area (Å²) in [5.41, 5.74) is 3.87. The van der Waals surface area contributed by atoms with Gasteiger partial charge in [-0.2, -0.15) is 0 Å². The van der Waals surface area contributed by atoms with Crippen molar-refractivity contribution >= 4 is 11.7 Å². The highest BCUT2D eigenvalue weighted by atomic mass is 16.2. The Bertz CT molecular complexity index is 601. The third kappa shape index (κ3) is 2.40. The van der Waals surface area contributed by atoms with Crippen molar-refractivity contribution in [2.75, 3.05) is 5.32 Å². The van der Waals surface area contributed by atoms with Crippen LogP contribution in [0.4, 0.5) is 10.5 Å². The zero-order chi connectivity index (χ0) is 13.2. The number of amides is 2. The van der Waals surface area contributed by atoms with Crippen molar-refractivity contribution in [3.8, 4) is 0 Å². The van der Waals surface area contributed by atoms with Gasteiger partial charge in [0, 0.05) is 17.4 Å². The lowest BCUT2D eigenvalue weighted by atomic mass is 10.2. The number of hydrogen-bond donors (Lipinski definition) is 1. The summed E-state index contributed by atoms with van der Waals surface area (Å²) in [6.45, 7) is 3.10. The number of nitrogens with one attached hydrogen (secondary N) is 1. The Hall–Kier alpha value is -2.43. The maximum atomic E-state index is 12.2. The fraction of sp³-hybridized carbons (Fsp3) is 0.214. The van der Waals surface area contributed by atoms with Gasteiger partial charge < -0.3 is 10.2 Å². The zero-order valence-electron chi connectivity index (χ0n) is 10.6. The van der Waals surface area contributed by atoms with E-state index in [1.165, 1.54) is 6.33 Å². The van der Waals surface area contributed by atoms with Gasteiger partial charge in [-0.15, -0.1) is 0 Å². The van der Waals surface area contributed by atoms with Crippen LogP contribution in [0.3, 0.4) is 0 Å². The fourth-order valence-corrected chi connectivity index (χ4v) is 2.17. The van der Waals surface area contributed by atoms with Crippen molar-refractivity contribution in [1.82, 2.24) is 14.9 Å². The predicted molar refractivity (Wildman–Crippen MR) is 71.5 cm³/mol. The number of aromatic nitrogens is 2. The molecule has 3 rings (SSSR count). The quantitative estimate of drug-likeness (QED) is 0.849. The summed E-state index contributed by atoms with van der Waals surface area (Å²) in [5.74, 6) is 0. The lowest BCUT2D eigenvalue weighted by molar-refractivity contribution is 0.212. The fourth-order valence-electron chi connectivity index (χ4n) is 2.17. The first-order valence-electron chi connectivity index (χ1n) is 6.13. The van der Waals surface area contributed by atoms with Crippen LogP contribution < -0.4 is 5.32 Å². The van der Waals surface area contributed by atoms with E-state index in [-0.39, 0.29) is 6.03 Å². The summed E-state index contributed by atoms with van der Waals surface area (Å²) < 4.78 is 0. The molecule has 2 aromatic rings. The molecule has 0 unspecified atom stereocenters. The van der Waals surface area contributed by atoms with Crippen LogP contribution in [0.25, 0.3) is 0 Å². The van der Waals surface area contributed by atoms with Gasteiger partial charge in [-0.3, -0.25) is 0 Å². The Balaban J connectivity index is 1.70. The number of carbonyl (C=O) groups excluding carboxylic acids is 1. The number of rotatable bonds is 1. The van der Waals surface area contributed by atoms with E-state index in [9.17, 15) is 4.79 Å². The average molecular weight is 254 g/mol. The molecule has 0 aliphatic carbocycles. The molecule has 5 heteroatoms. The Morgan fingerprint density at radius 3 is 3.05 bits per heavy atom. The minimum atomic E-state index is -0.108. The van der Waals surface area contributed by atoms with Crippen molar-refractivity contribution < 1.29 is 4.79 Å². The van der Waals surface area contributed by atoms with Crippen molar-refractivity contribution in [2.45, 2.75) is 20.0 Å². The van der Waals surface area contributed by atoms with E-state index < -0.39 is 0 Å². The molecule has 0 radical (unpaired) electrons. The number of benzene rings is 1. The molecule has 2 heterocycles. The van der Waals surface area contributed by atoms with Crippen LogP contribution in [0, 0.1) is 6.92 Å². The topological polar surface area (TPSA) is 58.1 Å². The van der Waals surface area contributed by atoms with Gasteiger partial charge in [0.25, 0.3) is 0 Å². The van der Waals surface area contributed by atoms with Gasteiger partial charge >= 0.3 is 6.03 Å². The van der Waals surface area contributed by atoms with Gasteiger partial charge in [0.1, 0.15) is 6.33 Å². The SMILES string of the molecule is Cc1cccc(NC(=O)N2Cc3cncnc3C2)c1. The number of carbonyl (C=O) groups is 1. The van der Waals surface area contributed by atoms with Gasteiger partial charge in [-0.05, 0) is 24.6 Å². The molecule has 1 aromatic carbocycles. The second-order valence-corrected chi connectivity index (χ2v) is 4.65. The molecule has 2 amide bonds. The Morgan fingerprint density at radius 2 is 2.26 bits per heavy atom. The van der Waals surface area contributed by atoms with Crippen LogP contribution in [0.5, 0.6) is 0 Å². The third-order valence-corrected chi connectivity index (χ3v) is 3.14. The maximum absolute atomic E-state index is 12.2. The second-order valence-electron chi connectivity index (χ2n) is 4.65. The Kier molecular flexibility index (Phi) is 2.87. The van der Waals surface area contributed by atoms with E-state index in [0.29, 0.717) is 13.1 Å². The van der Waals surface area contributed by atoms with Gasteiger partial charge in [0.05, 0.1) is 18.8 Å². The summed E-state index contributed by atoms with van der Waals surface area (Å²) in [4.78, 5) is 22.0. The second kappa shape index (κ2) is 4.68. The van der Waals surface area contributed by atoms with Gasteiger partial charge in [-0.25, -0.2) is 14.8 Å². The van der Waals surface area contributed by atoms with Crippen molar-refractivity contribution in [3.63, 3.8) is 0 Å². The Labute approximate surface area is 111 Å². The molecule has 1 aliphatic rings. The first kappa shape index (κ1) is 11.6. The molecule has 0 atom stereocenters. The van der Waals surface area contributed by atoms with Crippen LogP contribution in [-0.2, 0) is 13.1 Å². The molecule has 19 heavy (non-hydrogen) atoms. The lowest BCUT2D eigenvalue weighted by Crippen LogP contribution is -2.30. The summed E-state index contributed by atoms with van der Waals surface area (Å²) in [5, 5.41) is 2.90. The molecular weight excluding hydrogens is 240 g/mol. The van der Waals surface area contributed by atoms with Crippen LogP contribution in [0.15, 0.2) is 36.8 Å². The number of fused-ring (bicyclic) bond motifs is 1. The average Bonchev–Trinajstić information content (AvgIpc) is 2.82. The van der Waals surface area contributed by atoms with Gasteiger partial charge in [0.2, 0.25) is 0 Å². The van der Waals surface area contributed by atoms with E-state index in [0.717, 1.165) is 22.5 Å². The largest absolute Gasteiger partial charge is 0.322 e. The zero-order valence-corrected chi connectivity index (χ0v) is 10.6. The van der Waals surface area contributed by atoms with Crippen LogP contribution in [0.1, 0.15) is 16.8 Å². The van der Waals surface area contributed by atoms with Crippen LogP contribution in [-0.4, -0.2) is 20.9 Å². The van der Waals surface area contributed by atoms with Gasteiger partial charge in [0.15, 0.2) is 0 Å². The van der Waals surface area contributed by atoms with E-state index in [1.807, 2.05) is 31.2 Å². The third-order valence-electron chi connectivity index (χ3n) is 3.14. The standard InChI is InChI=1S/C14H14N4O/c1-10-3-2-4-12(5-10)17-14(19)18-7-11-6-15-9-16-13(11)8-18/h2-6,9H,7-8H2,1H3,(H,17,19). The molecule has 0 fully saturated rings. The number of hydrogen-bond acceptors (Lipinski definition) is 3. The minimum absolute atomic E-state index is 0.108. The molecular formula is C14H14N4O. The lowest BCUT2D eigenvalue weighted by Gasteiger charge is -2.16. The monoisotopic (exact) mass is 254 g/mol. The maximum Gasteiger partial charge on any atom is 0.322 e. The van der Waals surface area contributed by atoms with E-state index in [4.69, 9.17) is 0 Å². The summed E-state index contributed by atoms with van der Waals surface area (Å²) in [7, 11) is 0. The van der Waals surface area contributed by atoms with Crippen molar-refractivity contribution in [2.24, 2.45) is 0 Å². The number of nitrogens with zero attached hydrogens (tertiary/aromatic N) is 3. The van der Waals surface area contributed by atoms with Crippen LogP contribution >= 0.6 is 0 Å². The highest BCUT2D eigenvalue weighted by Crippen LogP contribution is 2.20. The highest BCUT2D eigenvalue weighted by Gasteiger charge is 2.24. The van der Waals surface area contributed by atoms with E-state index in [1.54, 1.807) is 11.1 Å². The molecule has 0 saturated heterocycles. The van der Waals surface area contributed by atoms with Crippen molar-refractivity contribution in [1.29, 1.82) is 0 Å². The molecule has 96 valence electrons. The molecule has 0 spiro atoms. The normalized spacial score (nSPS) is 13.2. The summed E-state index contributed by atoms with van der Waals surface area (Å²) in [6.07, 6.45) is 3.28. The highest BCUT2D eigenvalue weighted by molar-refractivity contribution is 5.89. The van der Waals surface area contributed by atoms with Crippen molar-refractivity contribution in [3.05, 3.63) is 53.6 Å². The molecule has 1 N–H and O–H groups in total. The molecule has 1 aromatic heterocycles. The molecule has 0 bridgehead atoms. The number of urea groups is 1. The molecule has 1 aliphatic heterocycles. The number of anilines is 1. The predicted octanol–water partition coefficient (Wildman–Crippen LogP) is 2.33. The van der Waals surface area contributed by atoms with Crippen LogP contribution in [0.2, 0.25) is 0 Å². The Morgan fingerprint density at radius 1 is 1.37 bits per heavy atom. The minimum Gasteiger partial charge on any atom is -0.314 e. The van der Waals surface area contributed by atoms with Gasteiger partial charge in [-0.1, -0.05) is 12.1 Å². The number of aryl methyl sites for hydroxylation is 1. The summed E-state index contributed by atoms with van der Waals surface area (Å²) in [6, 6.07) is 7.64. The van der Waals surface area contributed by atoms with E-state index in [2.05, 4.69) is 15.3 Å². The first-order chi connectivity index (χ1) is 9.22. The molecule has 0 saturated carbocycles. The van der Waals surface area contributed by atoms with E-state index >= 15 is 0 Å².